The Morgan fingerprint density at radius 1 is 1.40 bits per heavy atom. The number of methoxy groups -OCH3 is 1. The predicted molar refractivity (Wildman–Crippen MR) is 59.9 cm³/mol. The van der Waals surface area contributed by atoms with E-state index in [2.05, 4.69) is 0 Å². The highest BCUT2D eigenvalue weighted by Gasteiger charge is 2.10. The number of carbonyl (C=O) groups excluding carboxylic acids is 1. The number of benzene rings is 1. The average molecular weight is 207 g/mol. The molecule has 0 heterocycles. The Balaban J connectivity index is 2.42. The fourth-order valence-corrected chi connectivity index (χ4v) is 1.35. The van der Waals surface area contributed by atoms with Crippen LogP contribution in [-0.2, 0) is 4.74 Å². The molecule has 0 saturated heterocycles. The summed E-state index contributed by atoms with van der Waals surface area (Å²) >= 11 is 0. The molecule has 0 saturated carbocycles. The van der Waals surface area contributed by atoms with Gasteiger partial charge in [0.05, 0.1) is 0 Å². The molecular formula is C12H17NO2. The molecule has 15 heavy (non-hydrogen) atoms. The van der Waals surface area contributed by atoms with Crippen LogP contribution in [0.5, 0.6) is 0 Å². The standard InChI is InChI=1S/C12H17NO2/c1-15-8-7-11(13)9-12(14)10-5-3-2-4-6-10/h2-6,11H,7-9,13H2,1H3. The van der Waals surface area contributed by atoms with Crippen LogP contribution in [0.2, 0.25) is 0 Å². The van der Waals surface area contributed by atoms with E-state index in [1.54, 1.807) is 7.11 Å². The number of nitrogens with two attached hydrogens (primary N) is 1. The number of ether oxygens (including phenoxy) is 1. The van der Waals surface area contributed by atoms with E-state index in [0.717, 1.165) is 12.0 Å². The molecule has 0 radical (unpaired) electrons. The minimum Gasteiger partial charge on any atom is -0.385 e. The summed E-state index contributed by atoms with van der Waals surface area (Å²) in [6.45, 7) is 0.600. The second kappa shape index (κ2) is 6.32. The van der Waals surface area contributed by atoms with Crippen molar-refractivity contribution in [2.75, 3.05) is 13.7 Å². The quantitative estimate of drug-likeness (QED) is 0.721. The Morgan fingerprint density at radius 2 is 2.07 bits per heavy atom. The number of ketones is 1. The molecule has 3 nitrogen and oxygen atoms in total. The first-order valence-electron chi connectivity index (χ1n) is 5.07. The van der Waals surface area contributed by atoms with Gasteiger partial charge >= 0.3 is 0 Å². The molecular weight excluding hydrogens is 190 g/mol. The van der Waals surface area contributed by atoms with Crippen LogP contribution >= 0.6 is 0 Å². The van der Waals surface area contributed by atoms with E-state index in [9.17, 15) is 4.79 Å². The molecule has 82 valence electrons. The van der Waals surface area contributed by atoms with Crippen molar-refractivity contribution in [3.05, 3.63) is 35.9 Å². The number of hydrogen-bond donors (Lipinski definition) is 1. The number of carbonyl (C=O) groups is 1. The van der Waals surface area contributed by atoms with E-state index in [1.165, 1.54) is 0 Å². The zero-order valence-electron chi connectivity index (χ0n) is 8.98. The number of Topliss-reactive ketones (excluding diaryl/α,β-unsaturated/α-hetero) is 1. The maximum atomic E-state index is 11.7. The van der Waals surface area contributed by atoms with Crippen molar-refractivity contribution in [2.24, 2.45) is 5.73 Å². The van der Waals surface area contributed by atoms with Gasteiger partial charge in [-0.1, -0.05) is 30.3 Å². The molecule has 0 aliphatic rings. The highest BCUT2D eigenvalue weighted by atomic mass is 16.5. The summed E-state index contributed by atoms with van der Waals surface area (Å²) in [5, 5.41) is 0. The van der Waals surface area contributed by atoms with Crippen molar-refractivity contribution < 1.29 is 9.53 Å². The van der Waals surface area contributed by atoms with Gasteiger partial charge in [-0.15, -0.1) is 0 Å². The lowest BCUT2D eigenvalue weighted by Gasteiger charge is -2.09. The zero-order valence-corrected chi connectivity index (χ0v) is 8.98. The van der Waals surface area contributed by atoms with E-state index in [4.69, 9.17) is 10.5 Å². The molecule has 0 aromatic heterocycles. The molecule has 0 fully saturated rings. The lowest BCUT2D eigenvalue weighted by molar-refractivity contribution is 0.0967. The first kappa shape index (κ1) is 11.9. The van der Waals surface area contributed by atoms with Gasteiger partial charge in [0, 0.05) is 31.7 Å². The first-order valence-corrected chi connectivity index (χ1v) is 5.07. The van der Waals surface area contributed by atoms with E-state index in [0.29, 0.717) is 13.0 Å². The Hall–Kier alpha value is -1.19. The van der Waals surface area contributed by atoms with Crippen molar-refractivity contribution in [1.29, 1.82) is 0 Å². The monoisotopic (exact) mass is 207 g/mol. The van der Waals surface area contributed by atoms with Crippen molar-refractivity contribution in [2.45, 2.75) is 18.9 Å². The van der Waals surface area contributed by atoms with Crippen LogP contribution in [0.4, 0.5) is 0 Å². The molecule has 1 atom stereocenters. The highest BCUT2D eigenvalue weighted by Crippen LogP contribution is 2.06. The highest BCUT2D eigenvalue weighted by molar-refractivity contribution is 5.96. The molecule has 2 N–H and O–H groups in total. The minimum atomic E-state index is -0.113. The van der Waals surface area contributed by atoms with Gasteiger partial charge in [-0.2, -0.15) is 0 Å². The maximum Gasteiger partial charge on any atom is 0.164 e. The second-order valence-electron chi connectivity index (χ2n) is 3.53. The van der Waals surface area contributed by atoms with Gasteiger partial charge in [0.2, 0.25) is 0 Å². The van der Waals surface area contributed by atoms with Gasteiger partial charge in [-0.25, -0.2) is 0 Å². The Labute approximate surface area is 90.2 Å². The third-order valence-electron chi connectivity index (χ3n) is 2.24. The van der Waals surface area contributed by atoms with E-state index in [-0.39, 0.29) is 11.8 Å². The van der Waals surface area contributed by atoms with Gasteiger partial charge in [0.15, 0.2) is 5.78 Å². The second-order valence-corrected chi connectivity index (χ2v) is 3.53. The summed E-state index contributed by atoms with van der Waals surface area (Å²) in [6, 6.07) is 9.11. The molecule has 0 aliphatic carbocycles. The van der Waals surface area contributed by atoms with Crippen LogP contribution < -0.4 is 5.73 Å². The minimum absolute atomic E-state index is 0.0965. The smallest absolute Gasteiger partial charge is 0.164 e. The normalized spacial score (nSPS) is 12.4. The van der Waals surface area contributed by atoms with Crippen LogP contribution in [0, 0.1) is 0 Å². The van der Waals surface area contributed by atoms with Crippen LogP contribution in [0.25, 0.3) is 0 Å². The van der Waals surface area contributed by atoms with Crippen molar-refractivity contribution in [3.63, 3.8) is 0 Å². The van der Waals surface area contributed by atoms with Gasteiger partial charge in [-0.05, 0) is 6.42 Å². The molecule has 1 unspecified atom stereocenters. The Morgan fingerprint density at radius 3 is 2.67 bits per heavy atom. The van der Waals surface area contributed by atoms with Crippen molar-refractivity contribution in [1.82, 2.24) is 0 Å². The summed E-state index contributed by atoms with van der Waals surface area (Å²) in [4.78, 5) is 11.7. The SMILES string of the molecule is COCCC(N)CC(=O)c1ccccc1. The van der Waals surface area contributed by atoms with Gasteiger partial charge in [0.1, 0.15) is 0 Å². The molecule has 0 bridgehead atoms. The summed E-state index contributed by atoms with van der Waals surface area (Å²) in [5.74, 6) is 0.0965. The van der Waals surface area contributed by atoms with E-state index >= 15 is 0 Å². The molecule has 0 amide bonds. The summed E-state index contributed by atoms with van der Waals surface area (Å²) in [7, 11) is 1.63. The summed E-state index contributed by atoms with van der Waals surface area (Å²) in [5.41, 5.74) is 6.52. The Bertz CT molecular complexity index is 298. The maximum absolute atomic E-state index is 11.7. The fourth-order valence-electron chi connectivity index (χ4n) is 1.35. The topological polar surface area (TPSA) is 52.3 Å². The van der Waals surface area contributed by atoms with Crippen molar-refractivity contribution in [3.8, 4) is 0 Å². The fraction of sp³-hybridized carbons (Fsp3) is 0.417. The van der Waals surface area contributed by atoms with Crippen LogP contribution in [0.3, 0.4) is 0 Å². The zero-order chi connectivity index (χ0) is 11.1. The summed E-state index contributed by atoms with van der Waals surface area (Å²) in [6.07, 6.45) is 1.10. The van der Waals surface area contributed by atoms with Gasteiger partial charge in [0.25, 0.3) is 0 Å². The largest absolute Gasteiger partial charge is 0.385 e. The van der Waals surface area contributed by atoms with E-state index < -0.39 is 0 Å². The number of rotatable bonds is 6. The third-order valence-corrected chi connectivity index (χ3v) is 2.24. The third kappa shape index (κ3) is 4.23. The molecule has 1 aromatic carbocycles. The molecule has 1 aromatic rings. The average Bonchev–Trinajstić information content (AvgIpc) is 2.27. The summed E-state index contributed by atoms with van der Waals surface area (Å²) < 4.78 is 4.91. The predicted octanol–water partition coefficient (Wildman–Crippen LogP) is 1.62. The van der Waals surface area contributed by atoms with Crippen LogP contribution in [-0.4, -0.2) is 25.5 Å². The molecule has 1 rings (SSSR count). The lowest BCUT2D eigenvalue weighted by Crippen LogP contribution is -2.25. The Kier molecular flexibility index (Phi) is 5.01. The number of hydrogen-bond acceptors (Lipinski definition) is 3. The molecule has 0 aliphatic heterocycles. The van der Waals surface area contributed by atoms with Gasteiger partial charge in [-0.3, -0.25) is 4.79 Å². The van der Waals surface area contributed by atoms with Crippen molar-refractivity contribution >= 4 is 5.78 Å². The molecule has 0 spiro atoms. The van der Waals surface area contributed by atoms with Gasteiger partial charge < -0.3 is 10.5 Å². The van der Waals surface area contributed by atoms with E-state index in [1.807, 2.05) is 30.3 Å². The van der Waals surface area contributed by atoms with Crippen LogP contribution in [0.1, 0.15) is 23.2 Å². The lowest BCUT2D eigenvalue weighted by atomic mass is 10.0. The molecule has 3 heteroatoms. The van der Waals surface area contributed by atoms with Crippen LogP contribution in [0.15, 0.2) is 30.3 Å². The first-order chi connectivity index (χ1) is 7.24.